The van der Waals surface area contributed by atoms with E-state index in [1.165, 1.54) is 12.0 Å². The van der Waals surface area contributed by atoms with Crippen LogP contribution in [0.3, 0.4) is 0 Å². The Labute approximate surface area is 121 Å². The minimum Gasteiger partial charge on any atom is -0.340 e. The van der Waals surface area contributed by atoms with Crippen molar-refractivity contribution in [2.75, 3.05) is 27.2 Å². The van der Waals surface area contributed by atoms with E-state index in [-0.39, 0.29) is 5.41 Å². The minimum absolute atomic E-state index is 0.220. The van der Waals surface area contributed by atoms with E-state index in [2.05, 4.69) is 48.2 Å². The molecule has 2 fully saturated rings. The molecule has 0 radical (unpaired) electrons. The van der Waals surface area contributed by atoms with Gasteiger partial charge in [0, 0.05) is 19.1 Å². The molecule has 20 heavy (non-hydrogen) atoms. The molecule has 1 saturated carbocycles. The summed E-state index contributed by atoms with van der Waals surface area (Å²) in [6.07, 6.45) is 4.30. The van der Waals surface area contributed by atoms with Gasteiger partial charge in [-0.15, -0.1) is 0 Å². The smallest absolute Gasteiger partial charge is 0.233 e. The first-order valence-electron chi connectivity index (χ1n) is 7.65. The van der Waals surface area contributed by atoms with E-state index in [4.69, 9.17) is 0 Å². The van der Waals surface area contributed by atoms with Gasteiger partial charge in [-0.1, -0.05) is 36.8 Å². The van der Waals surface area contributed by atoms with Gasteiger partial charge in [-0.25, -0.2) is 0 Å². The molecule has 1 saturated heterocycles. The number of likely N-dealkylation sites (tertiary alicyclic amines) is 1. The summed E-state index contributed by atoms with van der Waals surface area (Å²) in [4.78, 5) is 17.4. The van der Waals surface area contributed by atoms with Crippen LogP contribution >= 0.6 is 0 Å². The van der Waals surface area contributed by atoms with Crippen molar-refractivity contribution in [2.45, 2.75) is 37.1 Å². The molecule has 1 atom stereocenters. The average molecular weight is 272 g/mol. The summed E-state index contributed by atoms with van der Waals surface area (Å²) in [5.74, 6) is 0.360. The lowest BCUT2D eigenvalue weighted by atomic mass is 9.63. The lowest BCUT2D eigenvalue weighted by molar-refractivity contribution is -0.140. The van der Waals surface area contributed by atoms with Gasteiger partial charge in [0.2, 0.25) is 5.91 Å². The number of likely N-dealkylation sites (N-methyl/N-ethyl adjacent to an activating group) is 1. The third-order valence-electron chi connectivity index (χ3n) is 5.12. The van der Waals surface area contributed by atoms with Crippen molar-refractivity contribution in [3.8, 4) is 0 Å². The van der Waals surface area contributed by atoms with Gasteiger partial charge in [0.05, 0.1) is 5.41 Å². The van der Waals surface area contributed by atoms with Crippen molar-refractivity contribution in [3.05, 3.63) is 35.9 Å². The van der Waals surface area contributed by atoms with E-state index in [9.17, 15) is 4.79 Å². The van der Waals surface area contributed by atoms with Gasteiger partial charge >= 0.3 is 0 Å². The Bertz CT molecular complexity index is 479. The molecule has 1 aromatic carbocycles. The number of carbonyl (C=O) groups is 1. The Hall–Kier alpha value is -1.35. The van der Waals surface area contributed by atoms with Gasteiger partial charge in [0.25, 0.3) is 0 Å². The van der Waals surface area contributed by atoms with Gasteiger partial charge in [-0.05, 0) is 38.9 Å². The van der Waals surface area contributed by atoms with Crippen LogP contribution in [0.4, 0.5) is 0 Å². The summed E-state index contributed by atoms with van der Waals surface area (Å²) in [5, 5.41) is 0. The molecule has 108 valence electrons. The van der Waals surface area contributed by atoms with Gasteiger partial charge in [-0.2, -0.15) is 0 Å². The summed E-state index contributed by atoms with van der Waals surface area (Å²) in [5.41, 5.74) is 0.993. The first-order chi connectivity index (χ1) is 9.63. The number of nitrogens with zero attached hydrogens (tertiary/aromatic N) is 2. The molecule has 0 bridgehead atoms. The van der Waals surface area contributed by atoms with Crippen LogP contribution in [0.15, 0.2) is 30.3 Å². The zero-order valence-corrected chi connectivity index (χ0v) is 12.5. The molecular formula is C17H24N2O. The Kier molecular flexibility index (Phi) is 3.55. The van der Waals surface area contributed by atoms with E-state index in [0.29, 0.717) is 11.9 Å². The Morgan fingerprint density at radius 1 is 1.25 bits per heavy atom. The molecule has 1 aliphatic carbocycles. The van der Waals surface area contributed by atoms with Crippen LogP contribution in [0, 0.1) is 0 Å². The van der Waals surface area contributed by atoms with Gasteiger partial charge in [0.15, 0.2) is 0 Å². The number of benzene rings is 1. The number of rotatable bonds is 3. The quantitative estimate of drug-likeness (QED) is 0.843. The van der Waals surface area contributed by atoms with Gasteiger partial charge < -0.3 is 9.80 Å². The molecule has 1 amide bonds. The van der Waals surface area contributed by atoms with Crippen LogP contribution in [0.25, 0.3) is 0 Å². The average Bonchev–Trinajstić information content (AvgIpc) is 2.88. The lowest BCUT2D eigenvalue weighted by Gasteiger charge is -2.43. The molecular weight excluding hydrogens is 248 g/mol. The fourth-order valence-corrected chi connectivity index (χ4v) is 3.56. The summed E-state index contributed by atoms with van der Waals surface area (Å²) in [6, 6.07) is 10.9. The predicted molar refractivity (Wildman–Crippen MR) is 80.6 cm³/mol. The van der Waals surface area contributed by atoms with Crippen molar-refractivity contribution < 1.29 is 4.79 Å². The first-order valence-corrected chi connectivity index (χ1v) is 7.65. The van der Waals surface area contributed by atoms with Crippen LogP contribution in [0.5, 0.6) is 0 Å². The van der Waals surface area contributed by atoms with Gasteiger partial charge in [0.1, 0.15) is 0 Å². The van der Waals surface area contributed by atoms with Crippen LogP contribution in [0.1, 0.15) is 31.2 Å². The third kappa shape index (κ3) is 2.14. The Morgan fingerprint density at radius 3 is 2.45 bits per heavy atom. The molecule has 1 unspecified atom stereocenters. The second-order valence-electron chi connectivity index (χ2n) is 6.46. The highest BCUT2D eigenvalue weighted by Gasteiger charge is 2.48. The van der Waals surface area contributed by atoms with Crippen LogP contribution in [0.2, 0.25) is 0 Å². The van der Waals surface area contributed by atoms with E-state index in [0.717, 1.165) is 32.4 Å². The van der Waals surface area contributed by atoms with Crippen molar-refractivity contribution in [1.29, 1.82) is 0 Å². The fraction of sp³-hybridized carbons (Fsp3) is 0.588. The molecule has 0 aromatic heterocycles. The van der Waals surface area contributed by atoms with Crippen LogP contribution in [-0.2, 0) is 10.2 Å². The zero-order valence-electron chi connectivity index (χ0n) is 12.5. The monoisotopic (exact) mass is 272 g/mol. The van der Waals surface area contributed by atoms with E-state index in [1.807, 2.05) is 6.07 Å². The SMILES string of the molecule is CN(C)C1CCN(C(=O)C2(c3ccccc3)CCC2)C1. The van der Waals surface area contributed by atoms with E-state index in [1.54, 1.807) is 0 Å². The number of amides is 1. The molecule has 3 nitrogen and oxygen atoms in total. The molecule has 0 N–H and O–H groups in total. The largest absolute Gasteiger partial charge is 0.340 e. The van der Waals surface area contributed by atoms with Crippen molar-refractivity contribution >= 4 is 5.91 Å². The third-order valence-corrected chi connectivity index (χ3v) is 5.12. The second-order valence-corrected chi connectivity index (χ2v) is 6.46. The van der Waals surface area contributed by atoms with Crippen LogP contribution in [-0.4, -0.2) is 48.9 Å². The molecule has 0 spiro atoms. The maximum atomic E-state index is 13.0. The number of carbonyl (C=O) groups excluding carboxylic acids is 1. The maximum absolute atomic E-state index is 13.0. The lowest BCUT2D eigenvalue weighted by Crippen LogP contribution is -2.51. The highest BCUT2D eigenvalue weighted by Crippen LogP contribution is 2.45. The van der Waals surface area contributed by atoms with Gasteiger partial charge in [-0.3, -0.25) is 4.79 Å². The van der Waals surface area contributed by atoms with Crippen molar-refractivity contribution in [2.24, 2.45) is 0 Å². The summed E-state index contributed by atoms with van der Waals surface area (Å²) < 4.78 is 0. The summed E-state index contributed by atoms with van der Waals surface area (Å²) in [6.45, 7) is 1.80. The number of hydrogen-bond acceptors (Lipinski definition) is 2. The standard InChI is InChI=1S/C17H24N2O/c1-18(2)15-9-12-19(13-15)16(20)17(10-6-11-17)14-7-4-3-5-8-14/h3-5,7-8,15H,6,9-13H2,1-2H3. The molecule has 3 rings (SSSR count). The molecule has 1 heterocycles. The second kappa shape index (κ2) is 5.21. The maximum Gasteiger partial charge on any atom is 0.233 e. The molecule has 1 aliphatic heterocycles. The first kappa shape index (κ1) is 13.6. The number of hydrogen-bond donors (Lipinski definition) is 0. The summed E-state index contributed by atoms with van der Waals surface area (Å²) in [7, 11) is 4.21. The Morgan fingerprint density at radius 2 is 1.95 bits per heavy atom. The summed E-state index contributed by atoms with van der Waals surface area (Å²) >= 11 is 0. The molecule has 1 aromatic rings. The van der Waals surface area contributed by atoms with E-state index < -0.39 is 0 Å². The molecule has 3 heteroatoms. The Balaban J connectivity index is 1.79. The van der Waals surface area contributed by atoms with Crippen LogP contribution < -0.4 is 0 Å². The fourth-order valence-electron chi connectivity index (χ4n) is 3.56. The van der Waals surface area contributed by atoms with Crippen molar-refractivity contribution in [3.63, 3.8) is 0 Å². The normalized spacial score (nSPS) is 24.8. The van der Waals surface area contributed by atoms with E-state index >= 15 is 0 Å². The topological polar surface area (TPSA) is 23.6 Å². The van der Waals surface area contributed by atoms with Crippen molar-refractivity contribution in [1.82, 2.24) is 9.80 Å². The molecule has 2 aliphatic rings. The minimum atomic E-state index is -0.220. The highest BCUT2D eigenvalue weighted by atomic mass is 16.2. The zero-order chi connectivity index (χ0) is 14.2. The predicted octanol–water partition coefficient (Wildman–Crippen LogP) is 2.27. The highest BCUT2D eigenvalue weighted by molar-refractivity contribution is 5.89.